The minimum absolute atomic E-state index is 0.0242. The van der Waals surface area contributed by atoms with Crippen LogP contribution < -0.4 is 15.0 Å². The minimum Gasteiger partial charge on any atom is -0.503 e. The molecule has 0 aliphatic carbocycles. The molecule has 0 atom stereocenters. The number of nitrogens with zero attached hydrogens (tertiary/aromatic N) is 1. The predicted octanol–water partition coefficient (Wildman–Crippen LogP) is 4.42. The van der Waals surface area contributed by atoms with E-state index in [1.807, 2.05) is 0 Å². The van der Waals surface area contributed by atoms with Crippen LogP contribution in [0.1, 0.15) is 12.5 Å². The lowest BCUT2D eigenvalue weighted by Crippen LogP contribution is -2.54. The maximum atomic E-state index is 12.9. The minimum atomic E-state index is -0.922. The fourth-order valence-corrected chi connectivity index (χ4v) is 3.14. The first kappa shape index (κ1) is 21.0. The first-order chi connectivity index (χ1) is 13.7. The third kappa shape index (κ3) is 4.17. The van der Waals surface area contributed by atoms with Gasteiger partial charge in [-0.05, 0) is 48.9 Å². The number of carbonyl (C=O) groups is 3. The van der Waals surface area contributed by atoms with Crippen LogP contribution in [0, 0.1) is 0 Å². The molecule has 0 saturated carbocycles. The molecule has 1 fully saturated rings. The summed E-state index contributed by atoms with van der Waals surface area (Å²) in [5, 5.41) is 12.4. The summed E-state index contributed by atoms with van der Waals surface area (Å²) in [6.45, 7) is 1.99. The van der Waals surface area contributed by atoms with Gasteiger partial charge >= 0.3 is 6.03 Å². The lowest BCUT2D eigenvalue weighted by Gasteiger charge is -2.26. The Hall–Kier alpha value is -2.74. The molecule has 150 valence electrons. The molecule has 1 heterocycles. The van der Waals surface area contributed by atoms with Gasteiger partial charge in [0.15, 0.2) is 11.5 Å². The van der Waals surface area contributed by atoms with Crippen LogP contribution in [-0.4, -0.2) is 29.6 Å². The maximum Gasteiger partial charge on any atom is 0.335 e. The second kappa shape index (κ2) is 8.32. The van der Waals surface area contributed by atoms with Crippen molar-refractivity contribution < 1.29 is 24.2 Å². The van der Waals surface area contributed by atoms with Crippen molar-refractivity contribution in [1.82, 2.24) is 5.32 Å². The molecule has 1 saturated heterocycles. The van der Waals surface area contributed by atoms with Gasteiger partial charge in [-0.25, -0.2) is 9.69 Å². The average Bonchev–Trinajstić information content (AvgIpc) is 2.65. The number of rotatable bonds is 4. The summed E-state index contributed by atoms with van der Waals surface area (Å²) >= 11 is 17.8. The Balaban J connectivity index is 2.05. The zero-order valence-electron chi connectivity index (χ0n) is 14.8. The van der Waals surface area contributed by atoms with Gasteiger partial charge in [-0.3, -0.25) is 14.9 Å². The lowest BCUT2D eigenvalue weighted by molar-refractivity contribution is -0.122. The van der Waals surface area contributed by atoms with E-state index in [4.69, 9.17) is 39.5 Å². The molecule has 2 aromatic carbocycles. The monoisotopic (exact) mass is 454 g/mol. The quantitative estimate of drug-likeness (QED) is 0.526. The van der Waals surface area contributed by atoms with Crippen molar-refractivity contribution in [1.29, 1.82) is 0 Å². The Morgan fingerprint density at radius 1 is 1.07 bits per heavy atom. The molecule has 10 heteroatoms. The standard InChI is InChI=1S/C19H13Cl3N2O5/c1-2-29-15-7-9(6-14(22)16(15)25)5-11-17(26)23-19(28)24(18(11)27)10-3-4-12(20)13(21)8-10/h3-8,25H,2H2,1H3,(H,23,26,28)/b11-5+. The normalized spacial score (nSPS) is 15.7. The van der Waals surface area contributed by atoms with Crippen molar-refractivity contribution in [2.24, 2.45) is 0 Å². The van der Waals surface area contributed by atoms with E-state index in [2.05, 4.69) is 5.32 Å². The van der Waals surface area contributed by atoms with Crippen molar-refractivity contribution in [2.45, 2.75) is 6.92 Å². The highest BCUT2D eigenvalue weighted by Gasteiger charge is 2.37. The highest BCUT2D eigenvalue weighted by atomic mass is 35.5. The summed E-state index contributed by atoms with van der Waals surface area (Å²) in [6.07, 6.45) is 1.24. The summed E-state index contributed by atoms with van der Waals surface area (Å²) in [4.78, 5) is 38.2. The number of benzene rings is 2. The number of barbiturate groups is 1. The highest BCUT2D eigenvalue weighted by molar-refractivity contribution is 6.43. The number of halogens is 3. The Labute approximate surface area is 180 Å². The molecule has 0 aromatic heterocycles. The lowest BCUT2D eigenvalue weighted by atomic mass is 10.1. The molecular weight excluding hydrogens is 443 g/mol. The Morgan fingerprint density at radius 2 is 1.79 bits per heavy atom. The van der Waals surface area contributed by atoms with Crippen molar-refractivity contribution in [2.75, 3.05) is 11.5 Å². The molecule has 29 heavy (non-hydrogen) atoms. The second-order valence-corrected chi connectivity index (χ2v) is 7.06. The van der Waals surface area contributed by atoms with Crippen molar-refractivity contribution >= 4 is 64.4 Å². The summed E-state index contributed by atoms with van der Waals surface area (Å²) < 4.78 is 5.29. The van der Waals surface area contributed by atoms with Gasteiger partial charge in [-0.2, -0.15) is 0 Å². The number of carbonyl (C=O) groups excluding carboxylic acids is 3. The molecule has 0 radical (unpaired) electrons. The van der Waals surface area contributed by atoms with Crippen LogP contribution in [0.15, 0.2) is 35.9 Å². The number of nitrogens with one attached hydrogen (secondary N) is 1. The van der Waals surface area contributed by atoms with Crippen molar-refractivity contribution in [3.8, 4) is 11.5 Å². The molecule has 1 aliphatic rings. The number of phenolic OH excluding ortho intramolecular Hbond substituents is 1. The molecular formula is C19H13Cl3N2O5. The van der Waals surface area contributed by atoms with Crippen molar-refractivity contribution in [3.63, 3.8) is 0 Å². The number of aromatic hydroxyl groups is 1. The van der Waals surface area contributed by atoms with Crippen LogP contribution in [0.5, 0.6) is 11.5 Å². The summed E-state index contributed by atoms with van der Waals surface area (Å²) in [6, 6.07) is 6.02. The summed E-state index contributed by atoms with van der Waals surface area (Å²) in [7, 11) is 0. The average molecular weight is 456 g/mol. The van der Waals surface area contributed by atoms with Gasteiger partial charge in [0.25, 0.3) is 11.8 Å². The van der Waals surface area contributed by atoms with E-state index in [9.17, 15) is 19.5 Å². The number of hydrogen-bond donors (Lipinski definition) is 2. The SMILES string of the molecule is CCOc1cc(/C=C2\C(=O)NC(=O)N(c3ccc(Cl)c(Cl)c3)C2=O)cc(Cl)c1O. The van der Waals surface area contributed by atoms with Crippen LogP contribution in [-0.2, 0) is 9.59 Å². The van der Waals surface area contributed by atoms with Crippen LogP contribution in [0.4, 0.5) is 10.5 Å². The first-order valence-corrected chi connectivity index (χ1v) is 9.38. The van der Waals surface area contributed by atoms with Gasteiger partial charge in [0.2, 0.25) is 0 Å². The molecule has 0 unspecified atom stereocenters. The molecule has 2 aromatic rings. The largest absolute Gasteiger partial charge is 0.503 e. The zero-order valence-corrected chi connectivity index (χ0v) is 17.1. The van der Waals surface area contributed by atoms with Gasteiger partial charge in [0, 0.05) is 0 Å². The summed E-state index contributed by atoms with van der Waals surface area (Å²) in [5.41, 5.74) is 0.136. The first-order valence-electron chi connectivity index (χ1n) is 8.24. The van der Waals surface area contributed by atoms with Crippen LogP contribution in [0.2, 0.25) is 15.1 Å². The van der Waals surface area contributed by atoms with E-state index in [0.29, 0.717) is 5.56 Å². The van der Waals surface area contributed by atoms with Crippen LogP contribution in [0.3, 0.4) is 0 Å². The highest BCUT2D eigenvalue weighted by Crippen LogP contribution is 2.36. The fourth-order valence-electron chi connectivity index (χ4n) is 2.63. The molecule has 1 aliphatic heterocycles. The second-order valence-electron chi connectivity index (χ2n) is 5.84. The third-order valence-corrected chi connectivity index (χ3v) is 4.95. The maximum absolute atomic E-state index is 12.9. The molecule has 2 N–H and O–H groups in total. The molecule has 7 nitrogen and oxygen atoms in total. The van der Waals surface area contributed by atoms with Gasteiger partial charge in [0.05, 0.1) is 27.4 Å². The number of phenols is 1. The molecule has 3 rings (SSSR count). The van der Waals surface area contributed by atoms with Crippen LogP contribution in [0.25, 0.3) is 6.08 Å². The number of hydrogen-bond acceptors (Lipinski definition) is 5. The van der Waals surface area contributed by atoms with E-state index in [1.165, 1.54) is 36.4 Å². The number of urea groups is 1. The Bertz CT molecular complexity index is 1070. The fraction of sp³-hybridized carbons (Fsp3) is 0.105. The van der Waals surface area contributed by atoms with Gasteiger partial charge in [-0.1, -0.05) is 34.8 Å². The molecule has 0 bridgehead atoms. The third-order valence-electron chi connectivity index (χ3n) is 3.92. The molecule has 0 spiro atoms. The zero-order chi connectivity index (χ0) is 21.3. The number of imide groups is 2. The molecule has 4 amide bonds. The topological polar surface area (TPSA) is 95.9 Å². The van der Waals surface area contributed by atoms with E-state index in [0.717, 1.165) is 4.90 Å². The number of amides is 4. The van der Waals surface area contributed by atoms with E-state index in [1.54, 1.807) is 6.92 Å². The van der Waals surface area contributed by atoms with Gasteiger partial charge < -0.3 is 9.84 Å². The van der Waals surface area contributed by atoms with Crippen LogP contribution >= 0.6 is 34.8 Å². The number of ether oxygens (including phenoxy) is 1. The van der Waals surface area contributed by atoms with Gasteiger partial charge in [-0.15, -0.1) is 0 Å². The summed E-state index contributed by atoms with van der Waals surface area (Å²) in [5.74, 6) is -1.91. The van der Waals surface area contributed by atoms with Crippen molar-refractivity contribution in [3.05, 3.63) is 56.5 Å². The Morgan fingerprint density at radius 3 is 2.45 bits per heavy atom. The van der Waals surface area contributed by atoms with E-state index >= 15 is 0 Å². The van der Waals surface area contributed by atoms with E-state index < -0.39 is 17.8 Å². The predicted molar refractivity (Wildman–Crippen MR) is 110 cm³/mol. The number of anilines is 1. The van der Waals surface area contributed by atoms with E-state index in [-0.39, 0.29) is 44.4 Å². The smallest absolute Gasteiger partial charge is 0.335 e. The Kier molecular flexibility index (Phi) is 6.02. The van der Waals surface area contributed by atoms with Gasteiger partial charge in [0.1, 0.15) is 5.57 Å².